The molecule has 0 unspecified atom stereocenters. The van der Waals surface area contributed by atoms with Crippen molar-refractivity contribution in [2.75, 3.05) is 5.73 Å². The second kappa shape index (κ2) is 3.96. The number of nitrogens with two attached hydrogens (primary N) is 1. The molecule has 0 fully saturated rings. The van der Waals surface area contributed by atoms with E-state index in [4.69, 9.17) is 5.73 Å². The molecule has 1 aromatic heterocycles. The Labute approximate surface area is 85.0 Å². The smallest absolute Gasteiger partial charge is 0.108 e. The van der Waals surface area contributed by atoms with Crippen molar-refractivity contribution in [3.63, 3.8) is 0 Å². The third-order valence-corrected chi connectivity index (χ3v) is 2.66. The van der Waals surface area contributed by atoms with Crippen molar-refractivity contribution in [1.29, 1.82) is 0 Å². The molecule has 0 aliphatic heterocycles. The number of nitrogen functional groups attached to an aromatic ring is 1. The number of hydrogen-bond acceptors (Lipinski definition) is 3. The molecule has 0 amide bonds. The van der Waals surface area contributed by atoms with E-state index in [1.807, 2.05) is 26.8 Å². The first kappa shape index (κ1) is 11.0. The summed E-state index contributed by atoms with van der Waals surface area (Å²) in [5.41, 5.74) is 7.16. The average Bonchev–Trinajstić information content (AvgIpc) is 2.17. The van der Waals surface area contributed by atoms with Crippen LogP contribution in [0.25, 0.3) is 0 Å². The Bertz CT molecular complexity index is 319. The molecule has 1 heterocycles. The number of nitrogens with zero attached hydrogens (tertiary/aromatic N) is 1. The van der Waals surface area contributed by atoms with Crippen LogP contribution >= 0.6 is 0 Å². The normalized spacial score (nSPS) is 11.7. The van der Waals surface area contributed by atoms with Gasteiger partial charge in [-0.25, -0.2) is 0 Å². The minimum Gasteiger partial charge on any atom is -0.397 e. The molecule has 3 N–H and O–H groups in total. The number of aliphatic hydroxyl groups is 1. The van der Waals surface area contributed by atoms with Crippen LogP contribution in [0.2, 0.25) is 0 Å². The van der Waals surface area contributed by atoms with Crippen molar-refractivity contribution >= 4 is 5.69 Å². The molecular weight excluding hydrogens is 176 g/mol. The SMILES string of the molecule is CCC(O)(CC)c1ncc(C)cc1N. The molecular formula is C11H18N2O. The van der Waals surface area contributed by atoms with Crippen LogP contribution in [0.5, 0.6) is 0 Å². The van der Waals surface area contributed by atoms with Crippen molar-refractivity contribution in [2.45, 2.75) is 39.2 Å². The van der Waals surface area contributed by atoms with Crippen LogP contribution in [-0.4, -0.2) is 10.1 Å². The molecule has 0 atom stereocenters. The van der Waals surface area contributed by atoms with Gasteiger partial charge in [0.25, 0.3) is 0 Å². The fraction of sp³-hybridized carbons (Fsp3) is 0.545. The third kappa shape index (κ3) is 1.87. The van der Waals surface area contributed by atoms with Gasteiger partial charge in [-0.2, -0.15) is 0 Å². The molecule has 1 rings (SSSR count). The van der Waals surface area contributed by atoms with Gasteiger partial charge in [0, 0.05) is 6.20 Å². The van der Waals surface area contributed by atoms with E-state index < -0.39 is 5.60 Å². The van der Waals surface area contributed by atoms with Crippen molar-refractivity contribution in [2.24, 2.45) is 0 Å². The van der Waals surface area contributed by atoms with Gasteiger partial charge in [-0.1, -0.05) is 13.8 Å². The average molecular weight is 194 g/mol. The molecule has 3 heteroatoms. The molecule has 0 aliphatic carbocycles. The number of hydrogen-bond donors (Lipinski definition) is 2. The molecule has 0 bridgehead atoms. The van der Waals surface area contributed by atoms with Crippen LogP contribution < -0.4 is 5.73 Å². The molecule has 14 heavy (non-hydrogen) atoms. The first-order chi connectivity index (χ1) is 6.53. The number of rotatable bonds is 3. The van der Waals surface area contributed by atoms with E-state index in [-0.39, 0.29) is 0 Å². The summed E-state index contributed by atoms with van der Waals surface area (Å²) in [6.45, 7) is 5.80. The third-order valence-electron chi connectivity index (χ3n) is 2.66. The Kier molecular flexibility index (Phi) is 3.11. The Morgan fingerprint density at radius 3 is 2.43 bits per heavy atom. The Balaban J connectivity index is 3.17. The van der Waals surface area contributed by atoms with Gasteiger partial charge >= 0.3 is 0 Å². The van der Waals surface area contributed by atoms with E-state index >= 15 is 0 Å². The monoisotopic (exact) mass is 194 g/mol. The van der Waals surface area contributed by atoms with Gasteiger partial charge in [0.1, 0.15) is 5.60 Å². The van der Waals surface area contributed by atoms with Gasteiger partial charge in [-0.05, 0) is 31.4 Å². The molecule has 0 aliphatic rings. The predicted molar refractivity (Wildman–Crippen MR) is 57.9 cm³/mol. The van der Waals surface area contributed by atoms with E-state index in [1.165, 1.54) is 0 Å². The zero-order valence-corrected chi connectivity index (χ0v) is 9.04. The standard InChI is InChI=1S/C11H18N2O/c1-4-11(14,5-2)10-9(12)6-8(3)7-13-10/h6-7,14H,4-5,12H2,1-3H3. The summed E-state index contributed by atoms with van der Waals surface area (Å²) in [7, 11) is 0. The zero-order chi connectivity index (χ0) is 10.8. The van der Waals surface area contributed by atoms with Crippen molar-refractivity contribution in [3.05, 3.63) is 23.5 Å². The summed E-state index contributed by atoms with van der Waals surface area (Å²) in [5.74, 6) is 0. The van der Waals surface area contributed by atoms with Gasteiger partial charge in [0.15, 0.2) is 0 Å². The fourth-order valence-corrected chi connectivity index (χ4v) is 1.57. The minimum absolute atomic E-state index is 0.580. The zero-order valence-electron chi connectivity index (χ0n) is 9.04. The maximum absolute atomic E-state index is 10.2. The van der Waals surface area contributed by atoms with E-state index in [2.05, 4.69) is 4.98 Å². The maximum atomic E-state index is 10.2. The lowest BCUT2D eigenvalue weighted by molar-refractivity contribution is 0.0248. The van der Waals surface area contributed by atoms with Gasteiger partial charge < -0.3 is 10.8 Å². The Morgan fingerprint density at radius 1 is 1.43 bits per heavy atom. The number of pyridine rings is 1. The van der Waals surface area contributed by atoms with Gasteiger partial charge in [-0.3, -0.25) is 4.98 Å². The molecule has 78 valence electrons. The van der Waals surface area contributed by atoms with Crippen LogP contribution in [0.1, 0.15) is 37.9 Å². The van der Waals surface area contributed by atoms with Crippen LogP contribution in [-0.2, 0) is 5.60 Å². The number of anilines is 1. The molecule has 0 radical (unpaired) electrons. The molecule has 0 saturated carbocycles. The summed E-state index contributed by atoms with van der Waals surface area (Å²) in [6.07, 6.45) is 3.00. The van der Waals surface area contributed by atoms with Gasteiger partial charge in [-0.15, -0.1) is 0 Å². The fourth-order valence-electron chi connectivity index (χ4n) is 1.57. The molecule has 1 aromatic rings. The van der Waals surface area contributed by atoms with Crippen molar-refractivity contribution in [1.82, 2.24) is 4.98 Å². The van der Waals surface area contributed by atoms with Crippen LogP contribution in [0.4, 0.5) is 5.69 Å². The second-order valence-corrected chi connectivity index (χ2v) is 3.69. The van der Waals surface area contributed by atoms with Gasteiger partial charge in [0.05, 0.1) is 11.4 Å². The molecule has 3 nitrogen and oxygen atoms in total. The quantitative estimate of drug-likeness (QED) is 0.773. The van der Waals surface area contributed by atoms with Crippen LogP contribution in [0.15, 0.2) is 12.3 Å². The Morgan fingerprint density at radius 2 is 2.00 bits per heavy atom. The van der Waals surface area contributed by atoms with E-state index in [9.17, 15) is 5.11 Å². The summed E-state index contributed by atoms with van der Waals surface area (Å²) in [6, 6.07) is 1.85. The highest BCUT2D eigenvalue weighted by Gasteiger charge is 2.28. The summed E-state index contributed by atoms with van der Waals surface area (Å²) >= 11 is 0. The van der Waals surface area contributed by atoms with E-state index in [1.54, 1.807) is 6.20 Å². The summed E-state index contributed by atoms with van der Waals surface area (Å²) in [4.78, 5) is 4.22. The first-order valence-corrected chi connectivity index (χ1v) is 4.98. The molecule has 0 spiro atoms. The summed E-state index contributed by atoms with van der Waals surface area (Å²) < 4.78 is 0. The summed E-state index contributed by atoms with van der Waals surface area (Å²) in [5, 5.41) is 10.2. The predicted octanol–water partition coefficient (Wildman–Crippen LogP) is 1.98. The Hall–Kier alpha value is -1.09. The highest BCUT2D eigenvalue weighted by atomic mass is 16.3. The molecule has 0 aromatic carbocycles. The second-order valence-electron chi connectivity index (χ2n) is 3.69. The number of aryl methyl sites for hydroxylation is 1. The lowest BCUT2D eigenvalue weighted by Gasteiger charge is -2.25. The van der Waals surface area contributed by atoms with Crippen molar-refractivity contribution in [3.8, 4) is 0 Å². The maximum Gasteiger partial charge on any atom is 0.108 e. The van der Waals surface area contributed by atoms with E-state index in [0.717, 1.165) is 5.56 Å². The highest BCUT2D eigenvalue weighted by molar-refractivity contribution is 5.47. The van der Waals surface area contributed by atoms with Crippen LogP contribution in [0, 0.1) is 6.92 Å². The van der Waals surface area contributed by atoms with E-state index in [0.29, 0.717) is 24.2 Å². The highest BCUT2D eigenvalue weighted by Crippen LogP contribution is 2.30. The first-order valence-electron chi connectivity index (χ1n) is 4.98. The van der Waals surface area contributed by atoms with Gasteiger partial charge in [0.2, 0.25) is 0 Å². The lowest BCUT2D eigenvalue weighted by atomic mass is 9.91. The minimum atomic E-state index is -0.877. The van der Waals surface area contributed by atoms with Crippen LogP contribution in [0.3, 0.4) is 0 Å². The topological polar surface area (TPSA) is 59.1 Å². The number of aromatic nitrogens is 1. The van der Waals surface area contributed by atoms with Crippen molar-refractivity contribution < 1.29 is 5.11 Å². The largest absolute Gasteiger partial charge is 0.397 e. The lowest BCUT2D eigenvalue weighted by Crippen LogP contribution is -2.26. The molecule has 0 saturated heterocycles.